The van der Waals surface area contributed by atoms with E-state index >= 15 is 0 Å². The molecular formula is C19H39N. The van der Waals surface area contributed by atoms with E-state index in [4.69, 9.17) is 0 Å². The number of hydrogen-bond donors (Lipinski definition) is 1. The number of hydrogen-bond acceptors (Lipinski definition) is 1. The largest absolute Gasteiger partial charge is 0.314 e. The molecule has 1 aliphatic carbocycles. The fraction of sp³-hybridized carbons (Fsp3) is 1.00. The van der Waals surface area contributed by atoms with Gasteiger partial charge in [0.15, 0.2) is 0 Å². The van der Waals surface area contributed by atoms with Crippen molar-refractivity contribution in [3.8, 4) is 0 Å². The van der Waals surface area contributed by atoms with Gasteiger partial charge < -0.3 is 5.32 Å². The summed E-state index contributed by atoms with van der Waals surface area (Å²) in [4.78, 5) is 0. The van der Waals surface area contributed by atoms with Crippen LogP contribution in [0.5, 0.6) is 0 Å². The minimum absolute atomic E-state index is 0.586. The molecule has 0 aromatic carbocycles. The molecule has 1 nitrogen and oxygen atoms in total. The van der Waals surface area contributed by atoms with Crippen LogP contribution in [0, 0.1) is 17.3 Å². The molecule has 0 aromatic rings. The summed E-state index contributed by atoms with van der Waals surface area (Å²) in [6.45, 7) is 13.0. The highest BCUT2D eigenvalue weighted by atomic mass is 14.9. The molecule has 0 radical (unpaired) electrons. The molecule has 1 saturated carbocycles. The quantitative estimate of drug-likeness (QED) is 0.528. The second-order valence-corrected chi connectivity index (χ2v) is 8.19. The van der Waals surface area contributed by atoms with Gasteiger partial charge in [-0.15, -0.1) is 0 Å². The molecule has 1 N–H and O–H groups in total. The predicted octanol–water partition coefficient (Wildman–Crippen LogP) is 5.79. The van der Waals surface area contributed by atoms with Crippen molar-refractivity contribution in [1.29, 1.82) is 0 Å². The van der Waals surface area contributed by atoms with Gasteiger partial charge in [0.05, 0.1) is 0 Å². The third-order valence-corrected chi connectivity index (χ3v) is 5.14. The molecule has 2 unspecified atom stereocenters. The van der Waals surface area contributed by atoms with Gasteiger partial charge in [-0.2, -0.15) is 0 Å². The Hall–Kier alpha value is -0.0400. The van der Waals surface area contributed by atoms with Gasteiger partial charge in [-0.3, -0.25) is 0 Å². The van der Waals surface area contributed by atoms with Crippen molar-refractivity contribution >= 4 is 0 Å². The molecule has 0 aliphatic heterocycles. The van der Waals surface area contributed by atoms with Crippen LogP contribution < -0.4 is 5.32 Å². The van der Waals surface area contributed by atoms with Crippen molar-refractivity contribution in [3.63, 3.8) is 0 Å². The lowest BCUT2D eigenvalue weighted by Crippen LogP contribution is -2.38. The van der Waals surface area contributed by atoms with Crippen LogP contribution in [0.1, 0.15) is 92.4 Å². The summed E-state index contributed by atoms with van der Waals surface area (Å²) in [5.41, 5.74) is 0.586. The zero-order valence-electron chi connectivity index (χ0n) is 14.8. The minimum atomic E-state index is 0.586. The lowest BCUT2D eigenvalue weighted by Gasteiger charge is -2.41. The van der Waals surface area contributed by atoms with Crippen LogP contribution in [-0.2, 0) is 0 Å². The lowest BCUT2D eigenvalue weighted by molar-refractivity contribution is 0.106. The van der Waals surface area contributed by atoms with E-state index in [1.54, 1.807) is 0 Å². The van der Waals surface area contributed by atoms with Crippen LogP contribution in [0.3, 0.4) is 0 Å². The molecule has 0 spiro atoms. The van der Waals surface area contributed by atoms with Crippen molar-refractivity contribution in [2.45, 2.75) is 98.4 Å². The molecule has 20 heavy (non-hydrogen) atoms. The first-order valence-electron chi connectivity index (χ1n) is 9.18. The Morgan fingerprint density at radius 2 is 1.75 bits per heavy atom. The van der Waals surface area contributed by atoms with Gasteiger partial charge in [-0.05, 0) is 43.1 Å². The zero-order valence-corrected chi connectivity index (χ0v) is 14.8. The Bertz CT molecular complexity index is 242. The Kier molecular flexibility index (Phi) is 8.17. The minimum Gasteiger partial charge on any atom is -0.314 e. The second-order valence-electron chi connectivity index (χ2n) is 8.19. The summed E-state index contributed by atoms with van der Waals surface area (Å²) in [7, 11) is 0. The summed E-state index contributed by atoms with van der Waals surface area (Å²) in [5, 5.41) is 3.68. The van der Waals surface area contributed by atoms with Crippen LogP contribution in [0.2, 0.25) is 0 Å². The maximum atomic E-state index is 3.68. The fourth-order valence-corrected chi connectivity index (χ4v) is 3.79. The zero-order chi connectivity index (χ0) is 15.0. The fourth-order valence-electron chi connectivity index (χ4n) is 3.79. The first-order chi connectivity index (χ1) is 9.44. The van der Waals surface area contributed by atoms with Crippen LogP contribution >= 0.6 is 0 Å². The summed E-state index contributed by atoms with van der Waals surface area (Å²) < 4.78 is 0. The van der Waals surface area contributed by atoms with Gasteiger partial charge in [0.2, 0.25) is 0 Å². The van der Waals surface area contributed by atoms with Crippen molar-refractivity contribution in [3.05, 3.63) is 0 Å². The SMILES string of the molecule is CCCCCCCC1CC(C)(C)CCC1CNC(C)C. The second kappa shape index (κ2) is 9.07. The van der Waals surface area contributed by atoms with Crippen molar-refractivity contribution < 1.29 is 0 Å². The smallest absolute Gasteiger partial charge is 0.00104 e. The Morgan fingerprint density at radius 1 is 1.05 bits per heavy atom. The van der Waals surface area contributed by atoms with Crippen LogP contribution in [0.4, 0.5) is 0 Å². The van der Waals surface area contributed by atoms with Gasteiger partial charge in [0, 0.05) is 6.04 Å². The Morgan fingerprint density at radius 3 is 2.40 bits per heavy atom. The topological polar surface area (TPSA) is 12.0 Å². The highest BCUT2D eigenvalue weighted by Gasteiger charge is 2.34. The molecule has 2 atom stereocenters. The molecule has 0 heterocycles. The summed E-state index contributed by atoms with van der Waals surface area (Å²) >= 11 is 0. The number of nitrogens with one attached hydrogen (secondary N) is 1. The highest BCUT2D eigenvalue weighted by Crippen LogP contribution is 2.43. The molecule has 1 fully saturated rings. The third-order valence-electron chi connectivity index (χ3n) is 5.14. The van der Waals surface area contributed by atoms with Gasteiger partial charge >= 0.3 is 0 Å². The van der Waals surface area contributed by atoms with E-state index in [0.29, 0.717) is 11.5 Å². The van der Waals surface area contributed by atoms with E-state index in [9.17, 15) is 0 Å². The van der Waals surface area contributed by atoms with E-state index in [1.165, 1.54) is 64.3 Å². The average Bonchev–Trinajstić information content (AvgIpc) is 2.36. The van der Waals surface area contributed by atoms with Crippen molar-refractivity contribution in [2.75, 3.05) is 6.54 Å². The van der Waals surface area contributed by atoms with Crippen LogP contribution in [0.15, 0.2) is 0 Å². The first-order valence-corrected chi connectivity index (χ1v) is 9.18. The van der Waals surface area contributed by atoms with Gasteiger partial charge in [0.25, 0.3) is 0 Å². The average molecular weight is 282 g/mol. The maximum Gasteiger partial charge on any atom is 0.00104 e. The Balaban J connectivity index is 2.37. The van der Waals surface area contributed by atoms with Gasteiger partial charge in [-0.25, -0.2) is 0 Å². The van der Waals surface area contributed by atoms with Crippen molar-refractivity contribution in [2.24, 2.45) is 17.3 Å². The molecule has 0 bridgehead atoms. The van der Waals surface area contributed by atoms with Crippen LogP contribution in [0.25, 0.3) is 0 Å². The highest BCUT2D eigenvalue weighted by molar-refractivity contribution is 4.86. The van der Waals surface area contributed by atoms with Gasteiger partial charge in [0.1, 0.15) is 0 Å². The van der Waals surface area contributed by atoms with E-state index < -0.39 is 0 Å². The first kappa shape index (κ1) is 18.0. The van der Waals surface area contributed by atoms with E-state index in [1.807, 2.05) is 0 Å². The summed E-state index contributed by atoms with van der Waals surface area (Å²) in [5.74, 6) is 1.89. The Labute approximate surface area is 128 Å². The van der Waals surface area contributed by atoms with Gasteiger partial charge in [-0.1, -0.05) is 73.1 Å². The molecular weight excluding hydrogens is 242 g/mol. The summed E-state index contributed by atoms with van der Waals surface area (Å²) in [6, 6.07) is 0.634. The molecule has 120 valence electrons. The number of rotatable bonds is 9. The monoisotopic (exact) mass is 281 g/mol. The maximum absolute atomic E-state index is 3.68. The van der Waals surface area contributed by atoms with E-state index in [2.05, 4.69) is 39.9 Å². The van der Waals surface area contributed by atoms with Crippen LogP contribution in [-0.4, -0.2) is 12.6 Å². The van der Waals surface area contributed by atoms with E-state index in [0.717, 1.165) is 11.8 Å². The molecule has 0 amide bonds. The third kappa shape index (κ3) is 7.11. The molecule has 1 aliphatic rings. The normalized spacial score (nSPS) is 26.1. The molecule has 1 heteroatoms. The lowest BCUT2D eigenvalue weighted by atomic mass is 9.65. The number of unbranched alkanes of at least 4 members (excludes halogenated alkanes) is 4. The summed E-state index contributed by atoms with van der Waals surface area (Å²) in [6.07, 6.45) is 12.9. The standard InChI is InChI=1S/C19H39N/c1-6-7-8-9-10-11-17-14-19(4,5)13-12-18(17)15-20-16(2)3/h16-18,20H,6-15H2,1-5H3. The molecule has 1 rings (SSSR count). The van der Waals surface area contributed by atoms with Crippen molar-refractivity contribution in [1.82, 2.24) is 5.32 Å². The van der Waals surface area contributed by atoms with E-state index in [-0.39, 0.29) is 0 Å². The molecule has 0 saturated heterocycles. The predicted molar refractivity (Wildman–Crippen MR) is 91.1 cm³/mol. The molecule has 0 aromatic heterocycles.